The Morgan fingerprint density at radius 1 is 1.35 bits per heavy atom. The van der Waals surface area contributed by atoms with Gasteiger partial charge >= 0.3 is 6.18 Å². The van der Waals surface area contributed by atoms with Gasteiger partial charge in [0.05, 0.1) is 25.0 Å². The second-order valence-electron chi connectivity index (χ2n) is 3.86. The monoisotopic (exact) mass is 320 g/mol. The summed E-state index contributed by atoms with van der Waals surface area (Å²) in [6.45, 7) is -3.48. The van der Waals surface area contributed by atoms with Crippen LogP contribution in [0.25, 0.3) is 0 Å². The van der Waals surface area contributed by atoms with Crippen molar-refractivity contribution >= 4 is 17.3 Å². The first-order chi connectivity index (χ1) is 9.06. The predicted octanol–water partition coefficient (Wildman–Crippen LogP) is 1.46. The summed E-state index contributed by atoms with van der Waals surface area (Å²) in [5, 5.41) is 4.67. The molecule has 20 heavy (non-hydrogen) atoms. The van der Waals surface area contributed by atoms with Crippen molar-refractivity contribution in [2.75, 3.05) is 18.4 Å². The molecule has 0 bridgehead atoms. The molecule has 0 aliphatic rings. The van der Waals surface area contributed by atoms with E-state index in [1.165, 1.54) is 0 Å². The lowest BCUT2D eigenvalue weighted by atomic mass is 10.3. The molecule has 0 fully saturated rings. The minimum Gasteiger partial charge on any atom is -0.376 e. The zero-order valence-corrected chi connectivity index (χ0v) is 10.6. The molecule has 0 atom stereocenters. The van der Waals surface area contributed by atoms with Gasteiger partial charge in [-0.05, 0) is 0 Å². The van der Waals surface area contributed by atoms with Gasteiger partial charge in [0.2, 0.25) is 0 Å². The van der Waals surface area contributed by atoms with Crippen LogP contribution >= 0.6 is 11.6 Å². The minimum atomic E-state index is -4.65. The number of nitrogens with two attached hydrogens (primary N) is 1. The third-order valence-corrected chi connectivity index (χ3v) is 2.52. The van der Waals surface area contributed by atoms with Crippen molar-refractivity contribution in [3.63, 3.8) is 0 Å². The molecule has 0 saturated carbocycles. The van der Waals surface area contributed by atoms with Crippen molar-refractivity contribution in [1.29, 1.82) is 0 Å². The first kappa shape index (κ1) is 16.6. The molecule has 0 saturated heterocycles. The highest BCUT2D eigenvalue weighted by molar-refractivity contribution is 6.32. The number of anilines is 1. The predicted molar refractivity (Wildman–Crippen MR) is 62.1 cm³/mol. The number of nitrogens with one attached hydrogen (secondary N) is 1. The van der Waals surface area contributed by atoms with Crippen LogP contribution in [0.4, 0.5) is 27.6 Å². The quantitative estimate of drug-likeness (QED) is 0.806. The molecule has 5 nitrogen and oxygen atoms in total. The Morgan fingerprint density at radius 2 is 1.95 bits per heavy atom. The van der Waals surface area contributed by atoms with Crippen LogP contribution in [0, 0.1) is 0 Å². The Balaban J connectivity index is 2.93. The van der Waals surface area contributed by atoms with Gasteiger partial charge in [-0.15, -0.1) is 0 Å². The van der Waals surface area contributed by atoms with Crippen molar-refractivity contribution in [2.24, 2.45) is 5.73 Å². The van der Waals surface area contributed by atoms with Gasteiger partial charge in [-0.2, -0.15) is 18.3 Å². The molecule has 1 rings (SSSR count). The maximum atomic E-state index is 12.9. The van der Waals surface area contributed by atoms with E-state index in [0.29, 0.717) is 0 Å². The van der Waals surface area contributed by atoms with E-state index < -0.39 is 42.3 Å². The topological polar surface area (TPSA) is 72.9 Å². The second-order valence-corrected chi connectivity index (χ2v) is 4.24. The minimum absolute atomic E-state index is 0.0919. The highest BCUT2D eigenvalue weighted by atomic mass is 35.5. The third-order valence-electron chi connectivity index (χ3n) is 2.15. The van der Waals surface area contributed by atoms with Gasteiger partial charge in [-0.25, -0.2) is 13.5 Å². The van der Waals surface area contributed by atoms with Gasteiger partial charge in [0.1, 0.15) is 11.6 Å². The number of hydrogen-bond donors (Lipinski definition) is 2. The van der Waals surface area contributed by atoms with Crippen molar-refractivity contribution in [3.05, 3.63) is 21.6 Å². The Bertz CT molecular complexity index is 530. The zero-order chi connectivity index (χ0) is 15.6. The number of aromatic nitrogens is 2. The molecular weight excluding hydrogens is 311 g/mol. The molecule has 11 heteroatoms. The van der Waals surface area contributed by atoms with Crippen LogP contribution in [0.1, 0.15) is 0 Å². The average molecular weight is 321 g/mol. The normalized spacial score (nSPS) is 12.6. The molecule has 1 aromatic rings. The molecule has 0 aliphatic heterocycles. The van der Waals surface area contributed by atoms with Crippen LogP contribution in [0.2, 0.25) is 5.02 Å². The summed E-state index contributed by atoms with van der Waals surface area (Å²) in [5.41, 5.74) is 3.28. The zero-order valence-electron chi connectivity index (χ0n) is 9.85. The highest BCUT2D eigenvalue weighted by Crippen LogP contribution is 2.20. The van der Waals surface area contributed by atoms with Crippen molar-refractivity contribution in [1.82, 2.24) is 9.78 Å². The third kappa shape index (κ3) is 4.60. The lowest BCUT2D eigenvalue weighted by Gasteiger charge is -2.16. The van der Waals surface area contributed by atoms with E-state index in [2.05, 4.69) is 10.4 Å². The SMILES string of the molecule is NCC(F)(F)CNc1cnn(CC(F)(F)F)c(=O)c1Cl. The molecule has 0 aliphatic carbocycles. The highest BCUT2D eigenvalue weighted by Gasteiger charge is 2.30. The van der Waals surface area contributed by atoms with Gasteiger partial charge < -0.3 is 11.1 Å². The molecule has 0 aromatic carbocycles. The molecule has 0 unspecified atom stereocenters. The van der Waals surface area contributed by atoms with Crippen molar-refractivity contribution < 1.29 is 22.0 Å². The fraction of sp³-hybridized carbons (Fsp3) is 0.556. The average Bonchev–Trinajstić information content (AvgIpc) is 2.33. The van der Waals surface area contributed by atoms with Gasteiger partial charge in [0.25, 0.3) is 11.5 Å². The summed E-state index contributed by atoms with van der Waals surface area (Å²) >= 11 is 5.52. The van der Waals surface area contributed by atoms with Gasteiger partial charge in [-0.1, -0.05) is 11.6 Å². The number of rotatable bonds is 5. The summed E-state index contributed by atoms with van der Waals surface area (Å²) in [7, 11) is 0. The van der Waals surface area contributed by atoms with Crippen LogP contribution in [0.3, 0.4) is 0 Å². The summed E-state index contributed by atoms with van der Waals surface area (Å²) < 4.78 is 62.3. The Hall–Kier alpha value is -1.42. The first-order valence-electron chi connectivity index (χ1n) is 5.20. The van der Waals surface area contributed by atoms with Gasteiger partial charge in [0.15, 0.2) is 0 Å². The Kier molecular flexibility index (Phi) is 4.92. The van der Waals surface area contributed by atoms with Crippen LogP contribution in [0.15, 0.2) is 11.0 Å². The van der Waals surface area contributed by atoms with Gasteiger partial charge in [-0.3, -0.25) is 4.79 Å². The molecule has 0 spiro atoms. The lowest BCUT2D eigenvalue weighted by Crippen LogP contribution is -2.36. The Morgan fingerprint density at radius 3 is 2.45 bits per heavy atom. The number of hydrogen-bond acceptors (Lipinski definition) is 4. The van der Waals surface area contributed by atoms with E-state index in [0.717, 1.165) is 6.20 Å². The van der Waals surface area contributed by atoms with Crippen molar-refractivity contribution in [3.8, 4) is 0 Å². The second kappa shape index (κ2) is 5.92. The number of halogens is 6. The van der Waals surface area contributed by atoms with E-state index in [1.54, 1.807) is 0 Å². The maximum Gasteiger partial charge on any atom is 0.408 e. The van der Waals surface area contributed by atoms with Crippen LogP contribution in [0.5, 0.6) is 0 Å². The summed E-state index contributed by atoms with van der Waals surface area (Å²) in [6, 6.07) is 0. The molecule has 0 radical (unpaired) electrons. The fourth-order valence-corrected chi connectivity index (χ4v) is 1.38. The molecule has 3 N–H and O–H groups in total. The first-order valence-corrected chi connectivity index (χ1v) is 5.58. The molecular formula is C9H10ClF5N4O. The van der Waals surface area contributed by atoms with Gasteiger partial charge in [0, 0.05) is 0 Å². The van der Waals surface area contributed by atoms with Crippen LogP contribution < -0.4 is 16.6 Å². The largest absolute Gasteiger partial charge is 0.408 e. The van der Waals surface area contributed by atoms with Crippen molar-refractivity contribution in [2.45, 2.75) is 18.6 Å². The molecule has 0 amide bonds. The van der Waals surface area contributed by atoms with E-state index in [4.69, 9.17) is 17.3 Å². The Labute approximate surface area is 114 Å². The van der Waals surface area contributed by atoms with E-state index >= 15 is 0 Å². The molecule has 1 aromatic heterocycles. The molecule has 1 heterocycles. The fourth-order valence-electron chi connectivity index (χ4n) is 1.17. The van der Waals surface area contributed by atoms with Crippen LogP contribution in [-0.4, -0.2) is 35.0 Å². The number of alkyl halides is 5. The van der Waals surface area contributed by atoms with E-state index in [9.17, 15) is 26.7 Å². The number of nitrogens with zero attached hydrogens (tertiary/aromatic N) is 2. The van der Waals surface area contributed by atoms with E-state index in [-0.39, 0.29) is 10.4 Å². The summed E-state index contributed by atoms with van der Waals surface area (Å²) in [6.07, 6.45) is -3.89. The maximum absolute atomic E-state index is 12.9. The standard InChI is InChI=1S/C9H10ClF5N4O/c10-6-5(17-3-8(11,12)2-16)1-18-19(7(6)20)4-9(13,14)15/h1,17H,2-4,16H2. The van der Waals surface area contributed by atoms with E-state index in [1.807, 2.05) is 0 Å². The van der Waals surface area contributed by atoms with Crippen LogP contribution in [-0.2, 0) is 6.54 Å². The smallest absolute Gasteiger partial charge is 0.376 e. The lowest BCUT2D eigenvalue weighted by molar-refractivity contribution is -0.143. The molecule has 114 valence electrons. The summed E-state index contributed by atoms with van der Waals surface area (Å²) in [5.74, 6) is -3.25. The summed E-state index contributed by atoms with van der Waals surface area (Å²) in [4.78, 5) is 11.5.